The van der Waals surface area contributed by atoms with E-state index in [1.54, 1.807) is 48.5 Å². The first kappa shape index (κ1) is 34.1. The number of ether oxygens (including phenoxy) is 6. The van der Waals surface area contributed by atoms with E-state index in [1.807, 2.05) is 0 Å². The molecule has 0 aliphatic carbocycles. The fourth-order valence-corrected chi connectivity index (χ4v) is 3.71. The zero-order valence-corrected chi connectivity index (χ0v) is 24.9. The molecule has 0 amide bonds. The third-order valence-corrected chi connectivity index (χ3v) is 6.11. The first-order valence-corrected chi connectivity index (χ1v) is 14.5. The predicted molar refractivity (Wildman–Crippen MR) is 166 cm³/mol. The van der Waals surface area contributed by atoms with Crippen molar-refractivity contribution in [3.05, 3.63) is 109 Å². The SMILES string of the molecule is C=CC(=O)OCCCCCOc1ccc(C(=O)Oc2ccc(OC(=O)c3ccc(OCCCCOC(=O)C=C)cc3)cc2)cc1. The summed E-state index contributed by atoms with van der Waals surface area (Å²) in [6, 6.07) is 19.3. The molecule has 0 aliphatic heterocycles. The molecule has 3 aromatic rings. The Morgan fingerprint density at radius 2 is 0.800 bits per heavy atom. The molecule has 0 saturated carbocycles. The van der Waals surface area contributed by atoms with Gasteiger partial charge in [0.1, 0.15) is 23.0 Å². The molecule has 0 atom stereocenters. The predicted octanol–water partition coefficient (Wildman–Crippen LogP) is 6.29. The molecular weight excluding hydrogens is 580 g/mol. The number of carbonyl (C=O) groups excluding carboxylic acids is 4. The fourth-order valence-electron chi connectivity index (χ4n) is 3.71. The van der Waals surface area contributed by atoms with Gasteiger partial charge in [0.05, 0.1) is 37.6 Å². The van der Waals surface area contributed by atoms with Gasteiger partial charge in [-0.3, -0.25) is 0 Å². The summed E-state index contributed by atoms with van der Waals surface area (Å²) in [5.41, 5.74) is 0.691. The summed E-state index contributed by atoms with van der Waals surface area (Å²) < 4.78 is 32.0. The Morgan fingerprint density at radius 3 is 1.20 bits per heavy atom. The van der Waals surface area contributed by atoms with Gasteiger partial charge in [-0.25, -0.2) is 19.2 Å². The number of carbonyl (C=O) groups is 4. The largest absolute Gasteiger partial charge is 0.494 e. The molecule has 0 bridgehead atoms. The van der Waals surface area contributed by atoms with Crippen molar-refractivity contribution in [3.63, 3.8) is 0 Å². The molecule has 10 nitrogen and oxygen atoms in total. The van der Waals surface area contributed by atoms with Crippen molar-refractivity contribution in [2.45, 2.75) is 32.1 Å². The van der Waals surface area contributed by atoms with Crippen LogP contribution in [-0.2, 0) is 19.1 Å². The summed E-state index contributed by atoms with van der Waals surface area (Å²) in [4.78, 5) is 47.1. The Labute approximate surface area is 262 Å². The second kappa shape index (κ2) is 19.0. The van der Waals surface area contributed by atoms with Gasteiger partial charge in [0.2, 0.25) is 0 Å². The fraction of sp³-hybridized carbons (Fsp3) is 0.257. The van der Waals surface area contributed by atoms with Crippen LogP contribution in [0.5, 0.6) is 23.0 Å². The van der Waals surface area contributed by atoms with Gasteiger partial charge in [0.25, 0.3) is 0 Å². The van der Waals surface area contributed by atoms with Crippen molar-refractivity contribution in [1.82, 2.24) is 0 Å². The Hall–Kier alpha value is -5.38. The van der Waals surface area contributed by atoms with Crippen LogP contribution in [0.4, 0.5) is 0 Å². The lowest BCUT2D eigenvalue weighted by Crippen LogP contribution is -2.10. The standard InChI is InChI=1S/C35H36O10/c1-3-32(36)42-24-7-5-6-22-40-28-14-10-26(11-15-28)34(38)44-30-18-20-31(21-19-30)45-35(39)27-12-16-29(17-13-27)41-23-8-9-25-43-33(37)4-2/h3-4,10-21H,1-2,5-9,22-25H2. The monoisotopic (exact) mass is 616 g/mol. The Kier molecular flexibility index (Phi) is 14.4. The third-order valence-electron chi connectivity index (χ3n) is 6.11. The van der Waals surface area contributed by atoms with Gasteiger partial charge in [-0.1, -0.05) is 13.2 Å². The molecule has 0 unspecified atom stereocenters. The third kappa shape index (κ3) is 12.8. The highest BCUT2D eigenvalue weighted by molar-refractivity contribution is 5.92. The highest BCUT2D eigenvalue weighted by Gasteiger charge is 2.12. The second-order valence-corrected chi connectivity index (χ2v) is 9.51. The maximum Gasteiger partial charge on any atom is 0.343 e. The Balaban J connectivity index is 1.35. The van der Waals surface area contributed by atoms with Crippen molar-refractivity contribution in [1.29, 1.82) is 0 Å². The molecule has 0 aliphatic rings. The molecule has 3 rings (SSSR count). The zero-order valence-electron chi connectivity index (χ0n) is 24.9. The van der Waals surface area contributed by atoms with Gasteiger partial charge in [-0.15, -0.1) is 0 Å². The van der Waals surface area contributed by atoms with Crippen LogP contribution in [0.25, 0.3) is 0 Å². The van der Waals surface area contributed by atoms with Crippen LogP contribution in [0.3, 0.4) is 0 Å². The van der Waals surface area contributed by atoms with Gasteiger partial charge >= 0.3 is 23.9 Å². The van der Waals surface area contributed by atoms with E-state index in [-0.39, 0.29) is 5.75 Å². The average Bonchev–Trinajstić information content (AvgIpc) is 3.06. The van der Waals surface area contributed by atoms with E-state index in [0.717, 1.165) is 31.4 Å². The highest BCUT2D eigenvalue weighted by Crippen LogP contribution is 2.21. The minimum atomic E-state index is -0.549. The molecule has 236 valence electrons. The molecule has 10 heteroatoms. The molecule has 3 aromatic carbocycles. The first-order valence-electron chi connectivity index (χ1n) is 14.5. The van der Waals surface area contributed by atoms with Gasteiger partial charge in [0, 0.05) is 12.2 Å². The van der Waals surface area contributed by atoms with Crippen LogP contribution < -0.4 is 18.9 Å². The van der Waals surface area contributed by atoms with Gasteiger partial charge in [-0.05, 0) is 105 Å². The normalized spacial score (nSPS) is 10.2. The molecule has 0 saturated heterocycles. The maximum atomic E-state index is 12.6. The summed E-state index contributed by atoms with van der Waals surface area (Å²) >= 11 is 0. The Bertz CT molecular complexity index is 1410. The Morgan fingerprint density at radius 1 is 0.467 bits per heavy atom. The number of hydrogen-bond donors (Lipinski definition) is 0. The van der Waals surface area contributed by atoms with Crippen LogP contribution in [0.1, 0.15) is 52.8 Å². The van der Waals surface area contributed by atoms with E-state index in [2.05, 4.69) is 13.2 Å². The van der Waals surface area contributed by atoms with E-state index in [4.69, 9.17) is 28.4 Å². The van der Waals surface area contributed by atoms with Crippen LogP contribution in [0, 0.1) is 0 Å². The van der Waals surface area contributed by atoms with E-state index < -0.39 is 23.9 Å². The lowest BCUT2D eigenvalue weighted by atomic mass is 10.2. The van der Waals surface area contributed by atoms with Crippen molar-refractivity contribution >= 4 is 23.9 Å². The van der Waals surface area contributed by atoms with Crippen molar-refractivity contribution in [2.75, 3.05) is 26.4 Å². The molecular formula is C35H36O10. The molecule has 0 N–H and O–H groups in total. The second-order valence-electron chi connectivity index (χ2n) is 9.51. The number of unbranched alkanes of at least 4 members (excludes halogenated alkanes) is 3. The maximum absolute atomic E-state index is 12.6. The lowest BCUT2D eigenvalue weighted by Gasteiger charge is -2.09. The van der Waals surface area contributed by atoms with Crippen molar-refractivity contribution in [2.24, 2.45) is 0 Å². The minimum absolute atomic E-state index is 0.288. The summed E-state index contributed by atoms with van der Waals surface area (Å²) in [5, 5.41) is 0. The van der Waals surface area contributed by atoms with Crippen LogP contribution in [0.2, 0.25) is 0 Å². The average molecular weight is 617 g/mol. The number of esters is 4. The topological polar surface area (TPSA) is 124 Å². The van der Waals surface area contributed by atoms with Gasteiger partial charge in [-0.2, -0.15) is 0 Å². The van der Waals surface area contributed by atoms with Crippen LogP contribution in [0.15, 0.2) is 98.1 Å². The molecule has 0 radical (unpaired) electrons. The summed E-state index contributed by atoms with van der Waals surface area (Å²) in [6.45, 7) is 8.27. The quantitative estimate of drug-likeness (QED) is 0.0657. The smallest absolute Gasteiger partial charge is 0.343 e. The minimum Gasteiger partial charge on any atom is -0.494 e. The van der Waals surface area contributed by atoms with E-state index in [9.17, 15) is 19.2 Å². The van der Waals surface area contributed by atoms with Gasteiger partial charge < -0.3 is 28.4 Å². The molecule has 45 heavy (non-hydrogen) atoms. The lowest BCUT2D eigenvalue weighted by molar-refractivity contribution is -0.138. The summed E-state index contributed by atoms with van der Waals surface area (Å²) in [6.07, 6.45) is 5.99. The van der Waals surface area contributed by atoms with E-state index >= 15 is 0 Å². The van der Waals surface area contributed by atoms with Crippen LogP contribution in [-0.4, -0.2) is 50.3 Å². The van der Waals surface area contributed by atoms with Crippen molar-refractivity contribution < 1.29 is 47.6 Å². The molecule has 0 fully saturated rings. The first-order chi connectivity index (χ1) is 21.9. The summed E-state index contributed by atoms with van der Waals surface area (Å²) in [5.74, 6) is -0.166. The molecule has 0 aromatic heterocycles. The molecule has 0 heterocycles. The number of rotatable bonds is 19. The van der Waals surface area contributed by atoms with Gasteiger partial charge in [0.15, 0.2) is 0 Å². The van der Waals surface area contributed by atoms with E-state index in [1.165, 1.54) is 24.3 Å². The van der Waals surface area contributed by atoms with Crippen molar-refractivity contribution in [3.8, 4) is 23.0 Å². The van der Waals surface area contributed by atoms with Crippen LogP contribution >= 0.6 is 0 Å². The summed E-state index contributed by atoms with van der Waals surface area (Å²) in [7, 11) is 0. The number of benzene rings is 3. The number of hydrogen-bond acceptors (Lipinski definition) is 10. The zero-order chi connectivity index (χ0) is 32.3. The highest BCUT2D eigenvalue weighted by atomic mass is 16.5. The molecule has 0 spiro atoms. The van der Waals surface area contributed by atoms with E-state index in [0.29, 0.717) is 67.6 Å².